The fraction of sp³-hybridized carbons (Fsp3) is 0.300. The van der Waals surface area contributed by atoms with Crippen LogP contribution in [0.3, 0.4) is 0 Å². The quantitative estimate of drug-likeness (QED) is 0.448. The maximum Gasteiger partial charge on any atom is 0.276 e. The molecule has 0 spiro atoms. The van der Waals surface area contributed by atoms with Crippen LogP contribution in [0.15, 0.2) is 47.4 Å². The molecule has 1 heterocycles. The van der Waals surface area contributed by atoms with E-state index in [1.54, 1.807) is 11.4 Å². The molecule has 1 aliphatic heterocycles. The highest BCUT2D eigenvalue weighted by molar-refractivity contribution is 7.82. The maximum atomic E-state index is 13.1. The van der Waals surface area contributed by atoms with E-state index < -0.39 is 22.8 Å². The molecule has 160 valence electrons. The molecule has 2 amide bonds. The monoisotopic (exact) mass is 433 g/mol. The van der Waals surface area contributed by atoms with E-state index in [0.717, 1.165) is 11.5 Å². The summed E-state index contributed by atoms with van der Waals surface area (Å²) in [7, 11) is -0.117. The molecule has 1 fully saturated rings. The molecule has 9 nitrogen and oxygen atoms in total. The van der Waals surface area contributed by atoms with Gasteiger partial charge in [-0.15, -0.1) is 0 Å². The predicted octanol–water partition coefficient (Wildman–Crippen LogP) is 1.48. The lowest BCUT2D eigenvalue weighted by atomic mass is 10.1. The van der Waals surface area contributed by atoms with Crippen LogP contribution in [0, 0.1) is 0 Å². The molecule has 0 aromatic heterocycles. The van der Waals surface area contributed by atoms with Gasteiger partial charge in [-0.1, -0.05) is 6.07 Å². The number of nitrogens with two attached hydrogens (primary N) is 1. The number of rotatable bonds is 7. The fourth-order valence-electron chi connectivity index (χ4n) is 3.27. The van der Waals surface area contributed by atoms with E-state index in [-0.39, 0.29) is 22.1 Å². The SMILES string of the molecule is COc1ccc(OC2CCN(S(=O)c3cccc(C(N)=O)c3C(=O)NO)CC2)cc1. The molecule has 2 aromatic carbocycles. The third kappa shape index (κ3) is 4.78. The number of nitrogens with one attached hydrogen (secondary N) is 1. The van der Waals surface area contributed by atoms with Gasteiger partial charge in [0, 0.05) is 13.1 Å². The van der Waals surface area contributed by atoms with Crippen LogP contribution in [0.4, 0.5) is 0 Å². The van der Waals surface area contributed by atoms with Crippen molar-refractivity contribution in [2.45, 2.75) is 23.8 Å². The number of amides is 2. The summed E-state index contributed by atoms with van der Waals surface area (Å²) in [5.74, 6) is -0.315. The van der Waals surface area contributed by atoms with Crippen molar-refractivity contribution in [1.29, 1.82) is 0 Å². The Kier molecular flexibility index (Phi) is 7.03. The molecule has 0 saturated carbocycles. The van der Waals surface area contributed by atoms with Crippen molar-refractivity contribution < 1.29 is 28.5 Å². The van der Waals surface area contributed by atoms with Gasteiger partial charge in [-0.3, -0.25) is 14.8 Å². The first-order valence-electron chi connectivity index (χ1n) is 9.29. The molecule has 30 heavy (non-hydrogen) atoms. The third-order valence-electron chi connectivity index (χ3n) is 4.81. The smallest absolute Gasteiger partial charge is 0.276 e. The van der Waals surface area contributed by atoms with E-state index in [2.05, 4.69) is 0 Å². The summed E-state index contributed by atoms with van der Waals surface area (Å²) in [5, 5.41) is 9.03. The molecule has 1 aliphatic rings. The van der Waals surface area contributed by atoms with Crippen LogP contribution in [0.2, 0.25) is 0 Å². The van der Waals surface area contributed by atoms with Crippen molar-refractivity contribution in [2.24, 2.45) is 5.73 Å². The van der Waals surface area contributed by atoms with Crippen molar-refractivity contribution >= 4 is 22.8 Å². The standard InChI is InChI=1S/C20H23N3O6S/c1-28-13-5-7-14(8-6-13)29-15-9-11-23(12-10-15)30(27)17-4-2-3-16(19(21)24)18(17)20(25)22-26/h2-8,15,26H,9-12H2,1H3,(H2,21,24)(H,22,25). The van der Waals surface area contributed by atoms with Crippen molar-refractivity contribution in [3.8, 4) is 11.5 Å². The van der Waals surface area contributed by atoms with Crippen molar-refractivity contribution in [3.05, 3.63) is 53.6 Å². The number of piperidine rings is 1. The van der Waals surface area contributed by atoms with Crippen LogP contribution >= 0.6 is 0 Å². The predicted molar refractivity (Wildman–Crippen MR) is 109 cm³/mol. The maximum absolute atomic E-state index is 13.1. The van der Waals surface area contributed by atoms with Crippen LogP contribution in [-0.2, 0) is 11.0 Å². The second kappa shape index (κ2) is 9.70. The number of nitrogens with zero attached hydrogens (tertiary/aromatic N) is 1. The Labute approximate surface area is 176 Å². The Morgan fingerprint density at radius 3 is 2.33 bits per heavy atom. The van der Waals surface area contributed by atoms with E-state index in [1.807, 2.05) is 24.3 Å². The zero-order chi connectivity index (χ0) is 21.7. The van der Waals surface area contributed by atoms with Gasteiger partial charge >= 0.3 is 0 Å². The van der Waals surface area contributed by atoms with Crippen molar-refractivity contribution in [1.82, 2.24) is 9.79 Å². The molecule has 10 heteroatoms. The fourth-order valence-corrected chi connectivity index (χ4v) is 4.67. The first kappa shape index (κ1) is 21.8. The van der Waals surface area contributed by atoms with Gasteiger partial charge in [0.1, 0.15) is 28.6 Å². The first-order valence-corrected chi connectivity index (χ1v) is 10.4. The lowest BCUT2D eigenvalue weighted by molar-refractivity contribution is 0.0698. The van der Waals surface area contributed by atoms with Gasteiger partial charge in [0.2, 0.25) is 5.91 Å². The molecule has 1 saturated heterocycles. The van der Waals surface area contributed by atoms with E-state index >= 15 is 0 Å². The third-order valence-corrected chi connectivity index (χ3v) is 6.36. The molecule has 1 unspecified atom stereocenters. The number of methoxy groups -OCH3 is 1. The first-order chi connectivity index (χ1) is 14.4. The number of hydrogen-bond donors (Lipinski definition) is 3. The van der Waals surface area contributed by atoms with E-state index in [4.69, 9.17) is 20.4 Å². The lowest BCUT2D eigenvalue weighted by Crippen LogP contribution is -2.40. The average molecular weight is 433 g/mol. The summed E-state index contributed by atoms with van der Waals surface area (Å²) >= 11 is 0. The summed E-state index contributed by atoms with van der Waals surface area (Å²) in [6.07, 6.45) is 1.23. The number of benzene rings is 2. The summed E-state index contributed by atoms with van der Waals surface area (Å²) in [5.41, 5.74) is 6.52. The Morgan fingerprint density at radius 1 is 1.13 bits per heavy atom. The largest absolute Gasteiger partial charge is 0.497 e. The number of hydrogen-bond acceptors (Lipinski definition) is 6. The highest BCUT2D eigenvalue weighted by Crippen LogP contribution is 2.26. The summed E-state index contributed by atoms with van der Waals surface area (Å²) < 4.78 is 25.9. The van der Waals surface area contributed by atoms with E-state index in [0.29, 0.717) is 25.9 Å². The van der Waals surface area contributed by atoms with Crippen molar-refractivity contribution in [2.75, 3.05) is 20.2 Å². The topological polar surface area (TPSA) is 131 Å². The minimum atomic E-state index is -1.71. The average Bonchev–Trinajstić information content (AvgIpc) is 2.78. The Morgan fingerprint density at radius 2 is 1.77 bits per heavy atom. The molecule has 0 bridgehead atoms. The zero-order valence-electron chi connectivity index (χ0n) is 16.4. The van der Waals surface area contributed by atoms with Crippen LogP contribution in [-0.4, -0.2) is 51.8 Å². The van der Waals surface area contributed by atoms with Gasteiger partial charge < -0.3 is 15.2 Å². The second-order valence-electron chi connectivity index (χ2n) is 6.65. The normalized spacial score (nSPS) is 15.9. The zero-order valence-corrected chi connectivity index (χ0v) is 17.2. The van der Waals surface area contributed by atoms with Gasteiger partial charge in [-0.25, -0.2) is 14.0 Å². The Balaban J connectivity index is 1.70. The van der Waals surface area contributed by atoms with E-state index in [1.165, 1.54) is 23.7 Å². The minimum Gasteiger partial charge on any atom is -0.497 e. The number of ether oxygens (including phenoxy) is 2. The van der Waals surface area contributed by atoms with Gasteiger partial charge in [0.15, 0.2) is 0 Å². The lowest BCUT2D eigenvalue weighted by Gasteiger charge is -2.31. The number of carbonyl (C=O) groups is 2. The Bertz CT molecular complexity index is 942. The minimum absolute atomic E-state index is 0.0381. The molecule has 0 radical (unpaired) electrons. The van der Waals surface area contributed by atoms with Gasteiger partial charge in [-0.2, -0.15) is 0 Å². The highest BCUT2D eigenvalue weighted by Gasteiger charge is 2.29. The summed E-state index contributed by atoms with van der Waals surface area (Å²) in [4.78, 5) is 23.9. The molecule has 0 aliphatic carbocycles. The molecule has 2 aromatic rings. The number of carbonyl (C=O) groups excluding carboxylic acids is 2. The number of hydroxylamine groups is 1. The van der Waals surface area contributed by atoms with Crippen LogP contribution in [0.1, 0.15) is 33.6 Å². The van der Waals surface area contributed by atoms with Crippen molar-refractivity contribution in [3.63, 3.8) is 0 Å². The van der Waals surface area contributed by atoms with Gasteiger partial charge in [-0.05, 0) is 49.2 Å². The van der Waals surface area contributed by atoms with Gasteiger partial charge in [0.05, 0.1) is 23.1 Å². The second-order valence-corrected chi connectivity index (χ2v) is 8.11. The van der Waals surface area contributed by atoms with Crippen LogP contribution < -0.4 is 20.7 Å². The molecular weight excluding hydrogens is 410 g/mol. The van der Waals surface area contributed by atoms with Crippen LogP contribution in [0.25, 0.3) is 0 Å². The summed E-state index contributed by atoms with van der Waals surface area (Å²) in [6.45, 7) is 0.933. The molecule has 1 atom stereocenters. The van der Waals surface area contributed by atoms with Gasteiger partial charge in [0.25, 0.3) is 5.91 Å². The number of primary amides is 1. The molecule has 4 N–H and O–H groups in total. The van der Waals surface area contributed by atoms with E-state index in [9.17, 15) is 13.8 Å². The molecule has 3 rings (SSSR count). The summed E-state index contributed by atoms with van der Waals surface area (Å²) in [6, 6.07) is 11.6. The molecular formula is C20H23N3O6S. The highest BCUT2D eigenvalue weighted by atomic mass is 32.2. The Hall–Kier alpha value is -2.95. The van der Waals surface area contributed by atoms with Crippen LogP contribution in [0.5, 0.6) is 11.5 Å².